The molecule has 21 heavy (non-hydrogen) atoms. The number of amides is 2. The van der Waals surface area contributed by atoms with Crippen molar-refractivity contribution in [1.29, 1.82) is 0 Å². The Balaban J connectivity index is 2.42. The summed E-state index contributed by atoms with van der Waals surface area (Å²) >= 11 is 0. The van der Waals surface area contributed by atoms with Gasteiger partial charge in [0.2, 0.25) is 0 Å². The number of rotatable bonds is 6. The van der Waals surface area contributed by atoms with Gasteiger partial charge in [0.1, 0.15) is 6.04 Å². The first kappa shape index (κ1) is 17.3. The first-order chi connectivity index (χ1) is 9.88. The Morgan fingerprint density at radius 3 is 2.48 bits per heavy atom. The number of carboxylic acid groups (broad SMARTS) is 2. The number of nitrogens with one attached hydrogen (secondary N) is 2. The molecular formula is C14H24N2O5. The van der Waals surface area contributed by atoms with Crippen LogP contribution in [-0.4, -0.2) is 40.3 Å². The topological polar surface area (TPSA) is 116 Å². The number of urea groups is 1. The van der Waals surface area contributed by atoms with Crippen LogP contribution in [0.5, 0.6) is 0 Å². The number of aliphatic carboxylic acids is 2. The predicted octanol–water partition coefficient (Wildman–Crippen LogP) is 1.57. The maximum absolute atomic E-state index is 11.8. The van der Waals surface area contributed by atoms with E-state index in [-0.39, 0.29) is 18.9 Å². The second kappa shape index (κ2) is 8.49. The summed E-state index contributed by atoms with van der Waals surface area (Å²) in [4.78, 5) is 33.3. The lowest BCUT2D eigenvalue weighted by atomic mass is 10.0. The minimum absolute atomic E-state index is 0.0591. The zero-order valence-electron chi connectivity index (χ0n) is 12.3. The van der Waals surface area contributed by atoms with E-state index in [1.807, 2.05) is 0 Å². The molecule has 2 unspecified atom stereocenters. The summed E-state index contributed by atoms with van der Waals surface area (Å²) in [5, 5.41) is 22.7. The van der Waals surface area contributed by atoms with Crippen LogP contribution in [-0.2, 0) is 9.59 Å². The third kappa shape index (κ3) is 6.97. The number of hydrogen-bond acceptors (Lipinski definition) is 3. The smallest absolute Gasteiger partial charge is 0.326 e. The second-order valence-corrected chi connectivity index (χ2v) is 5.75. The Kier molecular flexibility index (Phi) is 6.98. The predicted molar refractivity (Wildman–Crippen MR) is 76.0 cm³/mol. The van der Waals surface area contributed by atoms with Crippen LogP contribution in [0.2, 0.25) is 0 Å². The molecule has 0 aromatic rings. The highest BCUT2D eigenvalue weighted by atomic mass is 16.4. The average molecular weight is 300 g/mol. The van der Waals surface area contributed by atoms with Crippen LogP contribution in [0.15, 0.2) is 0 Å². The molecule has 3 atom stereocenters. The second-order valence-electron chi connectivity index (χ2n) is 5.75. The maximum atomic E-state index is 11.8. The molecule has 0 spiro atoms. The van der Waals surface area contributed by atoms with E-state index in [0.717, 1.165) is 32.1 Å². The van der Waals surface area contributed by atoms with Crippen LogP contribution in [0.25, 0.3) is 0 Å². The van der Waals surface area contributed by atoms with Crippen LogP contribution in [0.4, 0.5) is 4.79 Å². The lowest BCUT2D eigenvalue weighted by Gasteiger charge is -2.19. The number of carbonyl (C=O) groups is 3. The third-order valence-corrected chi connectivity index (χ3v) is 3.84. The van der Waals surface area contributed by atoms with Crippen molar-refractivity contribution in [2.75, 3.05) is 0 Å². The van der Waals surface area contributed by atoms with E-state index in [9.17, 15) is 14.4 Å². The monoisotopic (exact) mass is 300 g/mol. The minimum atomic E-state index is -1.22. The number of carbonyl (C=O) groups excluding carboxylic acids is 1. The van der Waals surface area contributed by atoms with E-state index < -0.39 is 24.0 Å². The largest absolute Gasteiger partial charge is 0.481 e. The Morgan fingerprint density at radius 2 is 1.86 bits per heavy atom. The Morgan fingerprint density at radius 1 is 1.14 bits per heavy atom. The van der Waals surface area contributed by atoms with Crippen LogP contribution < -0.4 is 10.6 Å². The maximum Gasteiger partial charge on any atom is 0.326 e. The van der Waals surface area contributed by atoms with Crippen molar-refractivity contribution in [3.63, 3.8) is 0 Å². The van der Waals surface area contributed by atoms with Gasteiger partial charge in [0, 0.05) is 12.5 Å². The summed E-state index contributed by atoms with van der Waals surface area (Å²) in [6, 6.07) is -1.65. The molecule has 1 aliphatic rings. The molecule has 0 bridgehead atoms. The first-order valence-electron chi connectivity index (χ1n) is 7.40. The van der Waals surface area contributed by atoms with E-state index in [1.165, 1.54) is 0 Å². The Hall–Kier alpha value is -1.79. The van der Waals surface area contributed by atoms with Gasteiger partial charge in [-0.05, 0) is 31.6 Å². The van der Waals surface area contributed by atoms with Crippen LogP contribution in [0, 0.1) is 5.92 Å². The van der Waals surface area contributed by atoms with Gasteiger partial charge in [-0.25, -0.2) is 9.59 Å². The fraction of sp³-hybridized carbons (Fsp3) is 0.786. The molecule has 0 radical (unpaired) electrons. The van der Waals surface area contributed by atoms with Crippen molar-refractivity contribution >= 4 is 18.0 Å². The molecule has 1 saturated carbocycles. The molecule has 0 aromatic carbocycles. The van der Waals surface area contributed by atoms with Gasteiger partial charge in [-0.2, -0.15) is 0 Å². The standard InChI is InChI=1S/C14H24N2O5/c1-9-3-2-4-10(6-5-9)15-14(21)16-11(13(19)20)7-8-12(17)18/h9-11H,2-8H2,1H3,(H,17,18)(H,19,20)(H2,15,16,21)/t9?,10?,11-/m0/s1. The molecule has 7 nitrogen and oxygen atoms in total. The van der Waals surface area contributed by atoms with Gasteiger partial charge in [0.15, 0.2) is 0 Å². The summed E-state index contributed by atoms with van der Waals surface area (Å²) in [5.41, 5.74) is 0. The highest BCUT2D eigenvalue weighted by molar-refractivity contribution is 5.83. The van der Waals surface area contributed by atoms with E-state index >= 15 is 0 Å². The molecule has 1 rings (SSSR count). The van der Waals surface area contributed by atoms with E-state index in [4.69, 9.17) is 10.2 Å². The van der Waals surface area contributed by atoms with Crippen molar-refractivity contribution < 1.29 is 24.6 Å². The summed E-state index contributed by atoms with van der Waals surface area (Å²) in [6.45, 7) is 2.19. The first-order valence-corrected chi connectivity index (χ1v) is 7.40. The molecule has 0 saturated heterocycles. The summed E-state index contributed by atoms with van der Waals surface area (Å²) in [7, 11) is 0. The Labute approximate surface area is 124 Å². The van der Waals surface area contributed by atoms with Gasteiger partial charge in [0.25, 0.3) is 0 Å². The van der Waals surface area contributed by atoms with Gasteiger partial charge in [0.05, 0.1) is 0 Å². The highest BCUT2D eigenvalue weighted by Crippen LogP contribution is 2.22. The van der Waals surface area contributed by atoms with Gasteiger partial charge in [-0.1, -0.05) is 19.8 Å². The van der Waals surface area contributed by atoms with E-state index in [0.29, 0.717) is 5.92 Å². The molecule has 1 fully saturated rings. The van der Waals surface area contributed by atoms with Crippen LogP contribution in [0.3, 0.4) is 0 Å². The molecular weight excluding hydrogens is 276 g/mol. The molecule has 0 aromatic heterocycles. The van der Waals surface area contributed by atoms with Crippen molar-refractivity contribution in [2.24, 2.45) is 5.92 Å². The number of carboxylic acids is 2. The van der Waals surface area contributed by atoms with Gasteiger partial charge >= 0.3 is 18.0 Å². The lowest BCUT2D eigenvalue weighted by molar-refractivity contribution is -0.140. The fourth-order valence-corrected chi connectivity index (χ4v) is 2.54. The normalized spacial score (nSPS) is 23.7. The number of hydrogen-bond donors (Lipinski definition) is 4. The molecule has 120 valence electrons. The SMILES string of the molecule is CC1CCCC(NC(=O)N[C@@H](CCC(=O)O)C(=O)O)CC1. The van der Waals surface area contributed by atoms with E-state index in [1.54, 1.807) is 0 Å². The zero-order chi connectivity index (χ0) is 15.8. The van der Waals surface area contributed by atoms with Crippen molar-refractivity contribution in [1.82, 2.24) is 10.6 Å². The van der Waals surface area contributed by atoms with E-state index in [2.05, 4.69) is 17.6 Å². The van der Waals surface area contributed by atoms with Crippen LogP contribution in [0.1, 0.15) is 51.9 Å². The van der Waals surface area contributed by atoms with Gasteiger partial charge < -0.3 is 20.8 Å². The fourth-order valence-electron chi connectivity index (χ4n) is 2.54. The zero-order valence-corrected chi connectivity index (χ0v) is 12.3. The van der Waals surface area contributed by atoms with Crippen molar-refractivity contribution in [3.8, 4) is 0 Å². The summed E-state index contributed by atoms with van der Waals surface area (Å²) < 4.78 is 0. The molecule has 4 N–H and O–H groups in total. The molecule has 7 heteroatoms. The molecule has 0 aliphatic heterocycles. The summed E-state index contributed by atoms with van der Waals surface area (Å²) in [5.74, 6) is -1.65. The van der Waals surface area contributed by atoms with Gasteiger partial charge in [-0.15, -0.1) is 0 Å². The minimum Gasteiger partial charge on any atom is -0.481 e. The molecule has 2 amide bonds. The summed E-state index contributed by atoms with van der Waals surface area (Å²) in [6.07, 6.45) is 4.61. The average Bonchev–Trinajstić information content (AvgIpc) is 2.59. The molecule has 1 aliphatic carbocycles. The van der Waals surface area contributed by atoms with Gasteiger partial charge in [-0.3, -0.25) is 4.79 Å². The van der Waals surface area contributed by atoms with Crippen LogP contribution >= 0.6 is 0 Å². The van der Waals surface area contributed by atoms with Crippen molar-refractivity contribution in [3.05, 3.63) is 0 Å². The van der Waals surface area contributed by atoms with Crippen molar-refractivity contribution in [2.45, 2.75) is 64.0 Å². The lowest BCUT2D eigenvalue weighted by Crippen LogP contribution is -2.49. The highest BCUT2D eigenvalue weighted by Gasteiger charge is 2.23. The third-order valence-electron chi connectivity index (χ3n) is 3.84. The molecule has 0 heterocycles. The quantitative estimate of drug-likeness (QED) is 0.556. The Bertz CT molecular complexity index is 386.